The summed E-state index contributed by atoms with van der Waals surface area (Å²) in [7, 11) is 0. The van der Waals surface area contributed by atoms with Gasteiger partial charge >= 0.3 is 0 Å². The van der Waals surface area contributed by atoms with Gasteiger partial charge in [-0.1, -0.05) is 30.3 Å². The molecule has 0 fully saturated rings. The van der Waals surface area contributed by atoms with Crippen LogP contribution in [0.25, 0.3) is 10.8 Å². The van der Waals surface area contributed by atoms with Crippen molar-refractivity contribution in [2.75, 3.05) is 11.5 Å². The summed E-state index contributed by atoms with van der Waals surface area (Å²) in [6, 6.07) is 11.4. The highest BCUT2D eigenvalue weighted by Gasteiger charge is 2.11. The van der Waals surface area contributed by atoms with Crippen molar-refractivity contribution in [2.45, 2.75) is 0 Å². The number of Topliss-reactive ketones (excluding diaryl/α,β-unsaturated/α-hetero) is 1. The smallest absolute Gasteiger partial charge is 0.175 e. The number of anilines is 1. The van der Waals surface area contributed by atoms with Crippen LogP contribution in [0.15, 0.2) is 36.4 Å². The number of hydrogen-bond donors (Lipinski definition) is 2. The van der Waals surface area contributed by atoms with Gasteiger partial charge in [-0.15, -0.1) is 0 Å². The molecule has 0 aliphatic heterocycles. The van der Waals surface area contributed by atoms with E-state index in [0.717, 1.165) is 10.8 Å². The summed E-state index contributed by atoms with van der Waals surface area (Å²) in [6.45, 7) is 0. The number of ketones is 1. The molecule has 0 saturated heterocycles. The molecule has 2 N–H and O–H groups in total. The van der Waals surface area contributed by atoms with Crippen molar-refractivity contribution >= 4 is 34.9 Å². The zero-order valence-electron chi connectivity index (χ0n) is 8.10. The zero-order valence-corrected chi connectivity index (χ0v) is 9.00. The minimum Gasteiger partial charge on any atom is -0.398 e. The number of fused-ring (bicyclic) bond motifs is 1. The molecule has 3 heteroatoms. The Morgan fingerprint density at radius 2 is 1.93 bits per heavy atom. The van der Waals surface area contributed by atoms with E-state index in [4.69, 9.17) is 5.73 Å². The molecule has 76 valence electrons. The lowest BCUT2D eigenvalue weighted by Gasteiger charge is -2.07. The summed E-state index contributed by atoms with van der Waals surface area (Å²) in [4.78, 5) is 11.7. The normalized spacial score (nSPS) is 10.5. The molecule has 0 aliphatic rings. The topological polar surface area (TPSA) is 43.1 Å². The molecule has 0 aliphatic carbocycles. The molecule has 2 aromatic rings. The first-order valence-corrected chi connectivity index (χ1v) is 5.28. The van der Waals surface area contributed by atoms with E-state index in [1.54, 1.807) is 6.07 Å². The van der Waals surface area contributed by atoms with Gasteiger partial charge in [0.25, 0.3) is 0 Å². The van der Waals surface area contributed by atoms with Gasteiger partial charge in [0.2, 0.25) is 0 Å². The van der Waals surface area contributed by atoms with Crippen LogP contribution in [0.3, 0.4) is 0 Å². The summed E-state index contributed by atoms with van der Waals surface area (Å²) in [6.07, 6.45) is 0. The Bertz CT molecular complexity index is 522. The molecule has 0 amide bonds. The predicted octanol–water partition coefficient (Wildman–Crippen LogP) is 2.53. The third-order valence-corrected chi connectivity index (χ3v) is 2.67. The van der Waals surface area contributed by atoms with E-state index in [0.29, 0.717) is 11.3 Å². The minimum atomic E-state index is -0.0346. The number of rotatable bonds is 2. The third-order valence-electron chi connectivity index (χ3n) is 2.38. The lowest BCUT2D eigenvalue weighted by molar-refractivity contribution is 0.102. The Morgan fingerprint density at radius 3 is 2.67 bits per heavy atom. The van der Waals surface area contributed by atoms with Gasteiger partial charge in [0.1, 0.15) is 0 Å². The van der Waals surface area contributed by atoms with E-state index in [2.05, 4.69) is 12.6 Å². The molecular formula is C12H11NOS. The highest BCUT2D eigenvalue weighted by Crippen LogP contribution is 2.24. The van der Waals surface area contributed by atoms with Crippen molar-refractivity contribution in [3.63, 3.8) is 0 Å². The number of carbonyl (C=O) groups excluding carboxylic acids is 1. The molecule has 2 nitrogen and oxygen atoms in total. The number of benzene rings is 2. The molecule has 0 heterocycles. The third kappa shape index (κ3) is 1.70. The molecule has 0 radical (unpaired) electrons. The monoisotopic (exact) mass is 217 g/mol. The molecule has 0 aromatic heterocycles. The van der Waals surface area contributed by atoms with Gasteiger partial charge in [0.05, 0.1) is 5.75 Å². The number of nitrogens with two attached hydrogens (primary N) is 1. The van der Waals surface area contributed by atoms with Crippen molar-refractivity contribution in [3.8, 4) is 0 Å². The van der Waals surface area contributed by atoms with Crippen LogP contribution in [0.2, 0.25) is 0 Å². The SMILES string of the molecule is Nc1ccc2ccccc2c1C(=O)CS. The van der Waals surface area contributed by atoms with Gasteiger partial charge in [-0.3, -0.25) is 4.79 Å². The van der Waals surface area contributed by atoms with Gasteiger partial charge in [0.15, 0.2) is 5.78 Å². The van der Waals surface area contributed by atoms with Crippen LogP contribution in [0.5, 0.6) is 0 Å². The standard InChI is InChI=1S/C12H11NOS/c13-10-6-5-8-3-1-2-4-9(8)12(10)11(14)7-15/h1-6,15H,7,13H2. The number of hydrogen-bond acceptors (Lipinski definition) is 3. The van der Waals surface area contributed by atoms with E-state index >= 15 is 0 Å². The maximum atomic E-state index is 11.7. The Morgan fingerprint density at radius 1 is 1.20 bits per heavy atom. The van der Waals surface area contributed by atoms with Crippen LogP contribution in [-0.4, -0.2) is 11.5 Å². The lowest BCUT2D eigenvalue weighted by atomic mass is 10.0. The van der Waals surface area contributed by atoms with E-state index in [-0.39, 0.29) is 11.5 Å². The molecule has 0 unspecified atom stereocenters. The fraction of sp³-hybridized carbons (Fsp3) is 0.0833. The molecule has 2 aromatic carbocycles. The number of carbonyl (C=O) groups is 1. The summed E-state index contributed by atoms with van der Waals surface area (Å²) in [5.41, 5.74) is 6.92. The molecule has 0 saturated carbocycles. The Hall–Kier alpha value is -1.48. The first kappa shape index (κ1) is 10.1. The second-order valence-corrected chi connectivity index (χ2v) is 3.65. The van der Waals surface area contributed by atoms with Crippen molar-refractivity contribution < 1.29 is 4.79 Å². The quantitative estimate of drug-likeness (QED) is 0.461. The zero-order chi connectivity index (χ0) is 10.8. The van der Waals surface area contributed by atoms with Gasteiger partial charge in [-0.2, -0.15) is 12.6 Å². The highest BCUT2D eigenvalue weighted by atomic mass is 32.1. The Labute approximate surface area is 93.5 Å². The molecule has 0 spiro atoms. The van der Waals surface area contributed by atoms with E-state index in [1.165, 1.54) is 0 Å². The van der Waals surface area contributed by atoms with Crippen LogP contribution >= 0.6 is 12.6 Å². The average Bonchev–Trinajstić information content (AvgIpc) is 2.28. The van der Waals surface area contributed by atoms with Gasteiger partial charge in [0, 0.05) is 11.3 Å². The van der Waals surface area contributed by atoms with Crippen molar-refractivity contribution in [1.29, 1.82) is 0 Å². The highest BCUT2D eigenvalue weighted by molar-refractivity contribution is 7.81. The summed E-state index contributed by atoms with van der Waals surface area (Å²) in [5, 5.41) is 1.92. The van der Waals surface area contributed by atoms with Crippen molar-refractivity contribution in [3.05, 3.63) is 42.0 Å². The first-order chi connectivity index (χ1) is 7.24. The van der Waals surface area contributed by atoms with E-state index < -0.39 is 0 Å². The minimum absolute atomic E-state index is 0.0346. The molecule has 0 bridgehead atoms. The van der Waals surface area contributed by atoms with Crippen molar-refractivity contribution in [1.82, 2.24) is 0 Å². The fourth-order valence-electron chi connectivity index (χ4n) is 1.68. The molecular weight excluding hydrogens is 206 g/mol. The van der Waals surface area contributed by atoms with E-state index in [1.807, 2.05) is 30.3 Å². The van der Waals surface area contributed by atoms with Crippen molar-refractivity contribution in [2.24, 2.45) is 0 Å². The van der Waals surface area contributed by atoms with E-state index in [9.17, 15) is 4.79 Å². The van der Waals surface area contributed by atoms with Crippen LogP contribution in [0.4, 0.5) is 5.69 Å². The first-order valence-electron chi connectivity index (χ1n) is 4.65. The summed E-state index contributed by atoms with van der Waals surface area (Å²) in [5.74, 6) is 0.144. The van der Waals surface area contributed by atoms with Crippen LogP contribution in [0, 0.1) is 0 Å². The maximum absolute atomic E-state index is 11.7. The molecule has 15 heavy (non-hydrogen) atoms. The summed E-state index contributed by atoms with van der Waals surface area (Å²) < 4.78 is 0. The second kappa shape index (κ2) is 3.95. The van der Waals surface area contributed by atoms with Crippen LogP contribution in [0.1, 0.15) is 10.4 Å². The van der Waals surface area contributed by atoms with Gasteiger partial charge in [-0.05, 0) is 16.8 Å². The Balaban J connectivity index is 2.79. The average molecular weight is 217 g/mol. The fourth-order valence-corrected chi connectivity index (χ4v) is 1.84. The maximum Gasteiger partial charge on any atom is 0.175 e. The summed E-state index contributed by atoms with van der Waals surface area (Å²) >= 11 is 3.99. The second-order valence-electron chi connectivity index (χ2n) is 3.33. The van der Waals surface area contributed by atoms with Gasteiger partial charge < -0.3 is 5.73 Å². The van der Waals surface area contributed by atoms with Crippen LogP contribution in [-0.2, 0) is 0 Å². The molecule has 2 rings (SSSR count). The number of thiol groups is 1. The lowest BCUT2D eigenvalue weighted by Crippen LogP contribution is -2.05. The predicted molar refractivity (Wildman–Crippen MR) is 66.5 cm³/mol. The Kier molecular flexibility index (Phi) is 2.64. The largest absolute Gasteiger partial charge is 0.398 e. The van der Waals surface area contributed by atoms with Crippen LogP contribution < -0.4 is 5.73 Å². The number of nitrogen functional groups attached to an aromatic ring is 1. The molecule has 0 atom stereocenters. The van der Waals surface area contributed by atoms with Gasteiger partial charge in [-0.25, -0.2) is 0 Å².